The van der Waals surface area contributed by atoms with Gasteiger partial charge in [-0.15, -0.1) is 0 Å². The average molecular weight is 391 g/mol. The van der Waals surface area contributed by atoms with Gasteiger partial charge in [0.1, 0.15) is 17.2 Å². The van der Waals surface area contributed by atoms with Crippen LogP contribution in [0.3, 0.4) is 0 Å². The fourth-order valence-corrected chi connectivity index (χ4v) is 2.61. The van der Waals surface area contributed by atoms with E-state index in [-0.39, 0.29) is 18.9 Å². The van der Waals surface area contributed by atoms with Crippen molar-refractivity contribution in [2.45, 2.75) is 12.8 Å². The Bertz CT molecular complexity index is 955. The maximum Gasteiger partial charge on any atom is 0.303 e. The van der Waals surface area contributed by atoms with Crippen molar-refractivity contribution in [1.29, 1.82) is 0 Å². The summed E-state index contributed by atoms with van der Waals surface area (Å²) in [5, 5.41) is 11.5. The molecule has 0 aliphatic rings. The minimum atomic E-state index is -0.876. The van der Waals surface area contributed by atoms with E-state index in [9.17, 15) is 9.59 Å². The van der Waals surface area contributed by atoms with Crippen LogP contribution >= 0.6 is 0 Å². The Hall–Kier alpha value is -3.80. The lowest BCUT2D eigenvalue weighted by atomic mass is 10.1. The monoisotopic (exact) mass is 391 g/mol. The van der Waals surface area contributed by atoms with Gasteiger partial charge in [0, 0.05) is 12.1 Å². The molecule has 3 aromatic rings. The van der Waals surface area contributed by atoms with Gasteiger partial charge < -0.3 is 19.9 Å². The number of para-hydroxylation sites is 2. The van der Waals surface area contributed by atoms with E-state index >= 15 is 0 Å². The maximum atomic E-state index is 12.6. The predicted octanol–water partition coefficient (Wildman–Crippen LogP) is 4.97. The number of rotatable bonds is 9. The SMILES string of the molecule is O=C(O)CCCOc1ccccc1C(=O)Nc1ccc(Oc2ccccc2)cc1. The van der Waals surface area contributed by atoms with E-state index in [1.807, 2.05) is 30.3 Å². The lowest BCUT2D eigenvalue weighted by Crippen LogP contribution is -2.14. The van der Waals surface area contributed by atoms with Crippen LogP contribution in [0.1, 0.15) is 23.2 Å². The number of hydrogen-bond acceptors (Lipinski definition) is 4. The zero-order valence-electron chi connectivity index (χ0n) is 15.7. The van der Waals surface area contributed by atoms with E-state index in [2.05, 4.69) is 5.32 Å². The van der Waals surface area contributed by atoms with Crippen LogP contribution in [0.4, 0.5) is 5.69 Å². The second kappa shape index (κ2) is 9.94. The van der Waals surface area contributed by atoms with Crippen molar-refractivity contribution in [3.8, 4) is 17.2 Å². The summed E-state index contributed by atoms with van der Waals surface area (Å²) < 4.78 is 11.3. The number of benzene rings is 3. The molecule has 148 valence electrons. The number of carboxylic acid groups (broad SMARTS) is 1. The number of nitrogens with one attached hydrogen (secondary N) is 1. The number of carboxylic acids is 1. The highest BCUT2D eigenvalue weighted by atomic mass is 16.5. The maximum absolute atomic E-state index is 12.6. The van der Waals surface area contributed by atoms with Crippen molar-refractivity contribution >= 4 is 17.6 Å². The summed E-state index contributed by atoms with van der Waals surface area (Å²) in [6.45, 7) is 0.224. The molecule has 0 saturated heterocycles. The molecule has 2 N–H and O–H groups in total. The molecule has 3 aromatic carbocycles. The Labute approximate surface area is 168 Å². The standard InChI is InChI=1S/C23H21NO5/c25-22(26)11-6-16-28-21-10-5-4-9-20(21)23(27)24-17-12-14-19(15-13-17)29-18-7-2-1-3-8-18/h1-5,7-10,12-15H,6,11,16H2,(H,24,27)(H,25,26). The second-order valence-corrected chi connectivity index (χ2v) is 6.24. The molecule has 6 nitrogen and oxygen atoms in total. The van der Waals surface area contributed by atoms with Gasteiger partial charge in [0.05, 0.1) is 12.2 Å². The first kappa shape index (κ1) is 19.9. The molecule has 0 fully saturated rings. The lowest BCUT2D eigenvalue weighted by Gasteiger charge is -2.12. The molecule has 3 rings (SSSR count). The van der Waals surface area contributed by atoms with Crippen molar-refractivity contribution in [3.63, 3.8) is 0 Å². The Morgan fingerprint density at radius 3 is 2.21 bits per heavy atom. The Morgan fingerprint density at radius 1 is 0.828 bits per heavy atom. The summed E-state index contributed by atoms with van der Waals surface area (Å²) in [5.74, 6) is 0.629. The Kier molecular flexibility index (Phi) is 6.84. The molecular weight excluding hydrogens is 370 g/mol. The van der Waals surface area contributed by atoms with Gasteiger partial charge in [-0.3, -0.25) is 9.59 Å². The second-order valence-electron chi connectivity index (χ2n) is 6.24. The molecule has 0 spiro atoms. The third kappa shape index (κ3) is 6.10. The first-order chi connectivity index (χ1) is 14.1. The molecule has 0 aromatic heterocycles. The number of anilines is 1. The first-order valence-electron chi connectivity index (χ1n) is 9.20. The van der Waals surface area contributed by atoms with Crippen LogP contribution in [0.15, 0.2) is 78.9 Å². The third-order valence-corrected chi connectivity index (χ3v) is 4.02. The van der Waals surface area contributed by atoms with Gasteiger partial charge in [-0.1, -0.05) is 30.3 Å². The minimum absolute atomic E-state index is 0.0196. The number of amides is 1. The van der Waals surface area contributed by atoms with Gasteiger partial charge in [-0.05, 0) is 55.0 Å². The molecule has 29 heavy (non-hydrogen) atoms. The van der Waals surface area contributed by atoms with E-state index in [1.54, 1.807) is 48.5 Å². The Balaban J connectivity index is 1.60. The molecule has 0 aliphatic carbocycles. The number of carbonyl (C=O) groups excluding carboxylic acids is 1. The van der Waals surface area contributed by atoms with Crippen LogP contribution in [0.5, 0.6) is 17.2 Å². The molecule has 0 heterocycles. The fraction of sp³-hybridized carbons (Fsp3) is 0.130. The van der Waals surface area contributed by atoms with Gasteiger partial charge in [-0.25, -0.2) is 0 Å². The summed E-state index contributed by atoms with van der Waals surface area (Å²) in [4.78, 5) is 23.2. The summed E-state index contributed by atoms with van der Waals surface area (Å²) >= 11 is 0. The van der Waals surface area contributed by atoms with E-state index in [0.29, 0.717) is 29.2 Å². The van der Waals surface area contributed by atoms with Crippen LogP contribution in [-0.4, -0.2) is 23.6 Å². The number of hydrogen-bond donors (Lipinski definition) is 2. The van der Waals surface area contributed by atoms with Crippen LogP contribution in [0, 0.1) is 0 Å². The summed E-state index contributed by atoms with van der Waals surface area (Å²) in [6, 6.07) is 23.4. The molecule has 0 saturated carbocycles. The highest BCUT2D eigenvalue weighted by Gasteiger charge is 2.12. The highest BCUT2D eigenvalue weighted by molar-refractivity contribution is 6.06. The predicted molar refractivity (Wildman–Crippen MR) is 110 cm³/mol. The van der Waals surface area contributed by atoms with Gasteiger partial charge in [0.15, 0.2) is 0 Å². The van der Waals surface area contributed by atoms with E-state index < -0.39 is 5.97 Å². The largest absolute Gasteiger partial charge is 0.493 e. The Morgan fingerprint density at radius 2 is 1.48 bits per heavy atom. The fourth-order valence-electron chi connectivity index (χ4n) is 2.61. The van der Waals surface area contributed by atoms with Gasteiger partial charge >= 0.3 is 5.97 Å². The molecule has 0 radical (unpaired) electrons. The molecule has 0 aliphatic heterocycles. The topological polar surface area (TPSA) is 84.9 Å². The molecule has 0 unspecified atom stereocenters. The van der Waals surface area contributed by atoms with Crippen LogP contribution in [0.25, 0.3) is 0 Å². The van der Waals surface area contributed by atoms with Gasteiger partial charge in [0.2, 0.25) is 0 Å². The highest BCUT2D eigenvalue weighted by Crippen LogP contribution is 2.24. The van der Waals surface area contributed by atoms with Crippen LogP contribution in [-0.2, 0) is 4.79 Å². The average Bonchev–Trinajstić information content (AvgIpc) is 2.73. The zero-order valence-corrected chi connectivity index (χ0v) is 15.7. The normalized spacial score (nSPS) is 10.2. The van der Waals surface area contributed by atoms with Crippen molar-refractivity contribution in [2.24, 2.45) is 0 Å². The summed E-state index contributed by atoms with van der Waals surface area (Å²) in [6.07, 6.45) is 0.389. The zero-order chi connectivity index (χ0) is 20.5. The van der Waals surface area contributed by atoms with E-state index in [4.69, 9.17) is 14.6 Å². The first-order valence-corrected chi connectivity index (χ1v) is 9.20. The lowest BCUT2D eigenvalue weighted by molar-refractivity contribution is -0.137. The molecule has 0 bridgehead atoms. The van der Waals surface area contributed by atoms with Crippen molar-refractivity contribution in [1.82, 2.24) is 0 Å². The number of carbonyl (C=O) groups is 2. The van der Waals surface area contributed by atoms with Crippen molar-refractivity contribution in [3.05, 3.63) is 84.4 Å². The number of aliphatic carboxylic acids is 1. The number of ether oxygens (including phenoxy) is 2. The quantitative estimate of drug-likeness (QED) is 0.503. The molecular formula is C23H21NO5. The summed E-state index contributed by atoms with van der Waals surface area (Å²) in [7, 11) is 0. The van der Waals surface area contributed by atoms with Crippen molar-refractivity contribution in [2.75, 3.05) is 11.9 Å². The minimum Gasteiger partial charge on any atom is -0.493 e. The van der Waals surface area contributed by atoms with Gasteiger partial charge in [0.25, 0.3) is 5.91 Å². The van der Waals surface area contributed by atoms with E-state index in [1.165, 1.54) is 0 Å². The molecule has 6 heteroatoms. The van der Waals surface area contributed by atoms with Crippen molar-refractivity contribution < 1.29 is 24.2 Å². The van der Waals surface area contributed by atoms with Crippen LogP contribution in [0.2, 0.25) is 0 Å². The van der Waals surface area contributed by atoms with Gasteiger partial charge in [-0.2, -0.15) is 0 Å². The third-order valence-electron chi connectivity index (χ3n) is 4.02. The summed E-state index contributed by atoms with van der Waals surface area (Å²) in [5.41, 5.74) is 1.00. The molecule has 0 atom stereocenters. The van der Waals surface area contributed by atoms with Crippen LogP contribution < -0.4 is 14.8 Å². The molecule has 1 amide bonds. The smallest absolute Gasteiger partial charge is 0.303 e. The van der Waals surface area contributed by atoms with E-state index in [0.717, 1.165) is 5.75 Å².